The molecule has 1 saturated carbocycles. The number of halogens is 1. The van der Waals surface area contributed by atoms with E-state index in [1.54, 1.807) is 25.3 Å². The van der Waals surface area contributed by atoms with Gasteiger partial charge in [0.15, 0.2) is 0 Å². The third kappa shape index (κ3) is 7.53. The van der Waals surface area contributed by atoms with E-state index in [2.05, 4.69) is 44.2 Å². The summed E-state index contributed by atoms with van der Waals surface area (Å²) in [5, 5.41) is 9.59. The van der Waals surface area contributed by atoms with Crippen LogP contribution in [0.5, 0.6) is 11.5 Å². The molecule has 1 amide bonds. The molecule has 4 aromatic rings. The second kappa shape index (κ2) is 15.4. The number of ether oxygens (including phenoxy) is 2. The summed E-state index contributed by atoms with van der Waals surface area (Å²) in [4.78, 5) is 19.9. The number of methoxy groups -OCH3 is 2. The van der Waals surface area contributed by atoms with E-state index in [9.17, 15) is 4.79 Å². The minimum atomic E-state index is -0.391. The Kier molecular flexibility index (Phi) is 11.3. The summed E-state index contributed by atoms with van der Waals surface area (Å²) in [7, 11) is 3.37. The molecule has 1 N–H and O–H groups in total. The molecule has 2 aromatic carbocycles. The number of nitrogens with zero attached hydrogens (tertiary/aromatic N) is 4. The molecule has 6 rings (SSSR count). The van der Waals surface area contributed by atoms with E-state index in [1.165, 1.54) is 17.3 Å². The number of hydrogen-bond acceptors (Lipinski definition) is 7. The lowest BCUT2D eigenvalue weighted by Crippen LogP contribution is -2.30. The highest BCUT2D eigenvalue weighted by Crippen LogP contribution is 2.58. The smallest absolute Gasteiger partial charge is 0.237 e. The molecule has 8 nitrogen and oxygen atoms in total. The lowest BCUT2D eigenvalue weighted by Gasteiger charge is -2.23. The number of benzene rings is 2. The normalized spacial score (nSPS) is 15.0. The van der Waals surface area contributed by atoms with Gasteiger partial charge in [0, 0.05) is 48.9 Å². The van der Waals surface area contributed by atoms with Gasteiger partial charge >= 0.3 is 0 Å². The van der Waals surface area contributed by atoms with E-state index in [0.29, 0.717) is 11.6 Å². The number of fused-ring (bicyclic) bond motifs is 1. The molecule has 248 valence electrons. The van der Waals surface area contributed by atoms with Gasteiger partial charge in [-0.3, -0.25) is 4.79 Å². The first-order valence-corrected chi connectivity index (χ1v) is 17.5. The zero-order valence-electron chi connectivity index (χ0n) is 27.9. The summed E-state index contributed by atoms with van der Waals surface area (Å²) in [6.45, 7) is 8.70. The Hall–Kier alpha value is -3.79. The van der Waals surface area contributed by atoms with Gasteiger partial charge in [0.05, 0.1) is 36.9 Å². The monoisotopic (exact) mass is 673 g/mol. The van der Waals surface area contributed by atoms with E-state index in [-0.39, 0.29) is 5.91 Å². The maximum absolute atomic E-state index is 13.5. The molecular weight excluding hydrogens is 630 g/mol. The van der Waals surface area contributed by atoms with E-state index in [1.807, 2.05) is 63.1 Å². The summed E-state index contributed by atoms with van der Waals surface area (Å²) in [6.07, 6.45) is 5.64. The van der Waals surface area contributed by atoms with Crippen molar-refractivity contribution in [3.05, 3.63) is 100.0 Å². The standard InChI is InChI=1S/C35H38ClN5O3S.C2H6/c1-24-32(19-37)41(34(42)35(24)12-13-35)23-29-18-27-17-28(36)20-38-33(27)40(29)14-5-15-45-39(21-25-8-10-30(43-2)11-9-25)22-26-6-4-7-31(16-26)44-3;1-2/h4,6-11,16-20,37H,5,12-15,21-23H2,1-3H3;1-2H3. The molecule has 0 radical (unpaired) electrons. The minimum Gasteiger partial charge on any atom is -0.497 e. The fourth-order valence-electron chi connectivity index (χ4n) is 6.22. The number of hydrogen-bond donors (Lipinski definition) is 1. The Bertz CT molecular complexity index is 1750. The topological polar surface area (TPSA) is 83.7 Å². The molecule has 1 fully saturated rings. The van der Waals surface area contributed by atoms with Crippen LogP contribution in [0.2, 0.25) is 5.02 Å². The van der Waals surface area contributed by atoms with Crippen molar-refractivity contribution in [1.29, 1.82) is 5.41 Å². The summed E-state index contributed by atoms with van der Waals surface area (Å²) >= 11 is 8.14. The van der Waals surface area contributed by atoms with Crippen molar-refractivity contribution in [2.45, 2.75) is 66.2 Å². The van der Waals surface area contributed by atoms with Crippen molar-refractivity contribution in [1.82, 2.24) is 18.8 Å². The molecular formula is C37H44ClN5O3S. The van der Waals surface area contributed by atoms with Gasteiger partial charge in [0.25, 0.3) is 0 Å². The molecule has 47 heavy (non-hydrogen) atoms. The van der Waals surface area contributed by atoms with Crippen LogP contribution in [0.4, 0.5) is 0 Å². The minimum absolute atomic E-state index is 0.114. The first-order chi connectivity index (χ1) is 22.8. The van der Waals surface area contributed by atoms with E-state index < -0.39 is 5.41 Å². The van der Waals surface area contributed by atoms with Gasteiger partial charge in [-0.1, -0.05) is 61.7 Å². The predicted octanol–water partition coefficient (Wildman–Crippen LogP) is 8.52. The van der Waals surface area contributed by atoms with Gasteiger partial charge in [-0.2, -0.15) is 0 Å². The zero-order valence-corrected chi connectivity index (χ0v) is 29.5. The molecule has 1 aliphatic carbocycles. The van der Waals surface area contributed by atoms with Crippen molar-refractivity contribution < 1.29 is 14.3 Å². The van der Waals surface area contributed by atoms with Crippen LogP contribution in [-0.4, -0.2) is 50.9 Å². The number of aromatic nitrogens is 2. The summed E-state index contributed by atoms with van der Waals surface area (Å²) < 4.78 is 15.4. The number of carbonyl (C=O) groups is 1. The van der Waals surface area contributed by atoms with Crippen LogP contribution in [0.1, 0.15) is 56.9 Å². The van der Waals surface area contributed by atoms with Crippen molar-refractivity contribution in [2.75, 3.05) is 20.0 Å². The maximum atomic E-state index is 13.5. The molecule has 2 aliphatic rings. The fraction of sp³-hybridized carbons (Fsp3) is 0.378. The lowest BCUT2D eigenvalue weighted by molar-refractivity contribution is -0.131. The third-order valence-corrected chi connectivity index (χ3v) is 10.2. The van der Waals surface area contributed by atoms with Crippen LogP contribution >= 0.6 is 23.5 Å². The van der Waals surface area contributed by atoms with Crippen LogP contribution in [0.3, 0.4) is 0 Å². The Morgan fingerprint density at radius 2 is 1.74 bits per heavy atom. The largest absolute Gasteiger partial charge is 0.497 e. The SMILES string of the molecule is CC.COc1ccc(CN(Cc2cccc(OC)c2)SCCCn2c(CN3C(=O)C4(CC4)C(C)=C3C=N)cc3cc(Cl)cnc32)cc1. The van der Waals surface area contributed by atoms with E-state index >= 15 is 0 Å². The second-order valence-electron chi connectivity index (χ2n) is 11.7. The van der Waals surface area contributed by atoms with Gasteiger partial charge in [0.1, 0.15) is 17.1 Å². The van der Waals surface area contributed by atoms with Crippen molar-refractivity contribution in [3.8, 4) is 11.5 Å². The van der Waals surface area contributed by atoms with Crippen LogP contribution in [0, 0.1) is 10.8 Å². The number of carbonyl (C=O) groups excluding carboxylic acids is 1. The van der Waals surface area contributed by atoms with Crippen LogP contribution < -0.4 is 9.47 Å². The summed E-state index contributed by atoms with van der Waals surface area (Å²) in [6, 6.07) is 20.4. The van der Waals surface area contributed by atoms with Crippen LogP contribution in [-0.2, 0) is 31.0 Å². The molecule has 3 heterocycles. The summed E-state index contributed by atoms with van der Waals surface area (Å²) in [5.74, 6) is 2.70. The van der Waals surface area contributed by atoms with Gasteiger partial charge in [-0.25, -0.2) is 9.29 Å². The van der Waals surface area contributed by atoms with E-state index in [0.717, 1.165) is 84.1 Å². The van der Waals surface area contributed by atoms with Gasteiger partial charge in [0.2, 0.25) is 5.91 Å². The molecule has 2 aromatic heterocycles. The Labute approximate surface area is 287 Å². The fourth-order valence-corrected chi connectivity index (χ4v) is 7.38. The van der Waals surface area contributed by atoms with Crippen LogP contribution in [0.25, 0.3) is 11.0 Å². The Morgan fingerprint density at radius 1 is 1.02 bits per heavy atom. The predicted molar refractivity (Wildman–Crippen MR) is 192 cm³/mol. The molecule has 0 unspecified atom stereocenters. The molecule has 0 saturated heterocycles. The van der Waals surface area contributed by atoms with Gasteiger partial charge in [-0.15, -0.1) is 0 Å². The van der Waals surface area contributed by atoms with Crippen molar-refractivity contribution >= 4 is 46.7 Å². The second-order valence-corrected chi connectivity index (χ2v) is 13.3. The number of nitrogens with one attached hydrogen (secondary N) is 1. The third-order valence-electron chi connectivity index (χ3n) is 8.85. The van der Waals surface area contributed by atoms with Crippen molar-refractivity contribution in [3.63, 3.8) is 0 Å². The zero-order chi connectivity index (χ0) is 33.6. The van der Waals surface area contributed by atoms with E-state index in [4.69, 9.17) is 26.5 Å². The number of allylic oxidation sites excluding steroid dienone is 1. The molecule has 10 heteroatoms. The lowest BCUT2D eigenvalue weighted by atomic mass is 9.99. The Balaban J connectivity index is 0.00000213. The van der Waals surface area contributed by atoms with Gasteiger partial charge in [-0.05, 0) is 79.3 Å². The highest BCUT2D eigenvalue weighted by molar-refractivity contribution is 7.96. The highest BCUT2D eigenvalue weighted by Gasteiger charge is 2.58. The molecule has 0 atom stereocenters. The van der Waals surface area contributed by atoms with Gasteiger partial charge < -0.3 is 24.4 Å². The number of rotatable bonds is 14. The number of aryl methyl sites for hydroxylation is 1. The van der Waals surface area contributed by atoms with Crippen molar-refractivity contribution in [2.24, 2.45) is 5.41 Å². The quantitative estimate of drug-likeness (QED) is 0.0821. The average Bonchev–Trinajstić information content (AvgIpc) is 3.81. The maximum Gasteiger partial charge on any atom is 0.237 e. The summed E-state index contributed by atoms with van der Waals surface area (Å²) in [5.41, 5.74) is 5.60. The molecule has 1 spiro atoms. The van der Waals surface area contributed by atoms with Crippen LogP contribution in [0.15, 0.2) is 78.1 Å². The Morgan fingerprint density at radius 3 is 2.43 bits per heavy atom. The first kappa shape index (κ1) is 34.5. The number of amides is 1. The highest BCUT2D eigenvalue weighted by atomic mass is 35.5. The first-order valence-electron chi connectivity index (χ1n) is 16.2. The average molecular weight is 674 g/mol. The molecule has 0 bridgehead atoms. The molecule has 1 aliphatic heterocycles. The number of pyridine rings is 1.